The summed E-state index contributed by atoms with van der Waals surface area (Å²) in [5.41, 5.74) is 6.27. The lowest BCUT2D eigenvalue weighted by Gasteiger charge is -2.09. The van der Waals surface area contributed by atoms with Crippen molar-refractivity contribution < 1.29 is 4.74 Å². The lowest BCUT2D eigenvalue weighted by Crippen LogP contribution is -2.15. The van der Waals surface area contributed by atoms with Crippen LogP contribution in [0, 0.1) is 0 Å². The molecule has 0 aliphatic heterocycles. The fourth-order valence-corrected chi connectivity index (χ4v) is 1.06. The SMILES string of the molecule is CN(C)CCCOc1cc(N)ccn1. The second-order valence-electron chi connectivity index (χ2n) is 3.43. The van der Waals surface area contributed by atoms with Gasteiger partial charge in [-0.25, -0.2) is 4.98 Å². The van der Waals surface area contributed by atoms with Gasteiger partial charge in [0, 0.05) is 24.5 Å². The van der Waals surface area contributed by atoms with Crippen LogP contribution in [-0.2, 0) is 0 Å². The second kappa shape index (κ2) is 5.44. The molecular weight excluding hydrogens is 178 g/mol. The molecule has 4 nitrogen and oxygen atoms in total. The number of nitrogen functional groups attached to an aromatic ring is 1. The molecular formula is C10H17N3O. The number of anilines is 1. The molecule has 1 heterocycles. The summed E-state index contributed by atoms with van der Waals surface area (Å²) in [5, 5.41) is 0. The first-order chi connectivity index (χ1) is 6.68. The molecule has 2 N–H and O–H groups in total. The van der Waals surface area contributed by atoms with Crippen LogP contribution in [0.1, 0.15) is 6.42 Å². The first-order valence-electron chi connectivity index (χ1n) is 4.67. The smallest absolute Gasteiger partial charge is 0.215 e. The Morgan fingerprint density at radius 3 is 2.93 bits per heavy atom. The van der Waals surface area contributed by atoms with Gasteiger partial charge in [-0.15, -0.1) is 0 Å². The summed E-state index contributed by atoms with van der Waals surface area (Å²) < 4.78 is 5.42. The molecule has 0 unspecified atom stereocenters. The Morgan fingerprint density at radius 2 is 2.29 bits per heavy atom. The quantitative estimate of drug-likeness (QED) is 0.712. The van der Waals surface area contributed by atoms with E-state index in [0.29, 0.717) is 18.2 Å². The minimum atomic E-state index is 0.601. The van der Waals surface area contributed by atoms with Crippen molar-refractivity contribution in [2.75, 3.05) is 33.0 Å². The zero-order valence-electron chi connectivity index (χ0n) is 8.73. The molecule has 0 bridgehead atoms. The summed E-state index contributed by atoms with van der Waals surface area (Å²) in [6.45, 7) is 1.69. The second-order valence-corrected chi connectivity index (χ2v) is 3.43. The van der Waals surface area contributed by atoms with Crippen LogP contribution in [0.5, 0.6) is 5.88 Å². The van der Waals surface area contributed by atoms with Gasteiger partial charge in [-0.3, -0.25) is 0 Å². The van der Waals surface area contributed by atoms with Crippen molar-refractivity contribution in [2.45, 2.75) is 6.42 Å². The van der Waals surface area contributed by atoms with E-state index in [1.54, 1.807) is 18.3 Å². The Hall–Kier alpha value is -1.29. The maximum Gasteiger partial charge on any atom is 0.215 e. The van der Waals surface area contributed by atoms with E-state index < -0.39 is 0 Å². The average Bonchev–Trinajstić information content (AvgIpc) is 2.12. The Kier molecular flexibility index (Phi) is 4.19. The number of hydrogen-bond donors (Lipinski definition) is 1. The van der Waals surface area contributed by atoms with Crippen molar-refractivity contribution >= 4 is 5.69 Å². The molecule has 1 aromatic heterocycles. The Bertz CT molecular complexity index is 276. The van der Waals surface area contributed by atoms with Crippen LogP contribution in [0.15, 0.2) is 18.3 Å². The normalized spacial score (nSPS) is 10.5. The molecule has 14 heavy (non-hydrogen) atoms. The molecule has 1 rings (SSSR count). The third-order valence-corrected chi connectivity index (χ3v) is 1.76. The zero-order chi connectivity index (χ0) is 10.4. The van der Waals surface area contributed by atoms with E-state index >= 15 is 0 Å². The molecule has 0 saturated heterocycles. The van der Waals surface area contributed by atoms with Gasteiger partial charge in [0.1, 0.15) is 0 Å². The molecule has 1 aromatic rings. The van der Waals surface area contributed by atoms with E-state index in [0.717, 1.165) is 13.0 Å². The van der Waals surface area contributed by atoms with Gasteiger partial charge < -0.3 is 15.4 Å². The minimum Gasteiger partial charge on any atom is -0.478 e. The number of ether oxygens (including phenoxy) is 1. The van der Waals surface area contributed by atoms with Crippen molar-refractivity contribution in [2.24, 2.45) is 0 Å². The monoisotopic (exact) mass is 195 g/mol. The standard InChI is InChI=1S/C10H17N3O/c1-13(2)6-3-7-14-10-8-9(11)4-5-12-10/h4-5,8H,3,6-7H2,1-2H3,(H2,11,12). The Morgan fingerprint density at radius 1 is 1.50 bits per heavy atom. The fourth-order valence-electron chi connectivity index (χ4n) is 1.06. The molecule has 0 atom stereocenters. The van der Waals surface area contributed by atoms with E-state index in [-0.39, 0.29) is 0 Å². The van der Waals surface area contributed by atoms with E-state index in [1.807, 2.05) is 14.1 Å². The summed E-state index contributed by atoms with van der Waals surface area (Å²) in [6.07, 6.45) is 2.64. The van der Waals surface area contributed by atoms with Crippen LogP contribution in [0.4, 0.5) is 5.69 Å². The fraction of sp³-hybridized carbons (Fsp3) is 0.500. The van der Waals surface area contributed by atoms with E-state index in [4.69, 9.17) is 10.5 Å². The third-order valence-electron chi connectivity index (χ3n) is 1.76. The maximum absolute atomic E-state index is 5.58. The highest BCUT2D eigenvalue weighted by atomic mass is 16.5. The number of rotatable bonds is 5. The van der Waals surface area contributed by atoms with E-state index in [2.05, 4.69) is 9.88 Å². The highest BCUT2D eigenvalue weighted by Gasteiger charge is 1.96. The first kappa shape index (κ1) is 10.8. The van der Waals surface area contributed by atoms with Crippen molar-refractivity contribution in [1.82, 2.24) is 9.88 Å². The average molecular weight is 195 g/mol. The van der Waals surface area contributed by atoms with Crippen LogP contribution < -0.4 is 10.5 Å². The Labute approximate surface area is 84.7 Å². The highest BCUT2D eigenvalue weighted by molar-refractivity contribution is 5.39. The summed E-state index contributed by atoms with van der Waals surface area (Å²) >= 11 is 0. The number of hydrogen-bond acceptors (Lipinski definition) is 4. The van der Waals surface area contributed by atoms with Gasteiger partial charge in [0.2, 0.25) is 5.88 Å². The van der Waals surface area contributed by atoms with Crippen molar-refractivity contribution in [3.63, 3.8) is 0 Å². The number of aromatic nitrogens is 1. The molecule has 4 heteroatoms. The highest BCUT2D eigenvalue weighted by Crippen LogP contribution is 2.10. The van der Waals surface area contributed by atoms with Gasteiger partial charge in [-0.1, -0.05) is 0 Å². The topological polar surface area (TPSA) is 51.4 Å². The van der Waals surface area contributed by atoms with Gasteiger partial charge in [0.25, 0.3) is 0 Å². The summed E-state index contributed by atoms with van der Waals surface area (Å²) in [5.74, 6) is 0.601. The third kappa shape index (κ3) is 4.09. The van der Waals surface area contributed by atoms with Crippen molar-refractivity contribution in [1.29, 1.82) is 0 Å². The van der Waals surface area contributed by atoms with E-state index in [1.165, 1.54) is 0 Å². The maximum atomic E-state index is 5.58. The Balaban J connectivity index is 2.25. The largest absolute Gasteiger partial charge is 0.478 e. The molecule has 0 aliphatic rings. The van der Waals surface area contributed by atoms with Crippen LogP contribution in [0.25, 0.3) is 0 Å². The van der Waals surface area contributed by atoms with Crippen molar-refractivity contribution in [3.8, 4) is 5.88 Å². The van der Waals surface area contributed by atoms with Gasteiger partial charge in [-0.05, 0) is 26.6 Å². The predicted molar refractivity (Wildman–Crippen MR) is 57.3 cm³/mol. The van der Waals surface area contributed by atoms with Crippen LogP contribution in [0.2, 0.25) is 0 Å². The molecule has 0 amide bonds. The van der Waals surface area contributed by atoms with Gasteiger partial charge in [0.15, 0.2) is 0 Å². The van der Waals surface area contributed by atoms with Crippen LogP contribution in [-0.4, -0.2) is 37.1 Å². The van der Waals surface area contributed by atoms with Crippen LogP contribution in [0.3, 0.4) is 0 Å². The van der Waals surface area contributed by atoms with Gasteiger partial charge in [0.05, 0.1) is 6.61 Å². The zero-order valence-corrected chi connectivity index (χ0v) is 8.73. The molecule has 0 spiro atoms. The number of nitrogens with zero attached hydrogens (tertiary/aromatic N) is 2. The predicted octanol–water partition coefficient (Wildman–Crippen LogP) is 0.994. The summed E-state index contributed by atoms with van der Waals surface area (Å²) in [6, 6.07) is 3.47. The number of pyridine rings is 1. The first-order valence-corrected chi connectivity index (χ1v) is 4.67. The lowest BCUT2D eigenvalue weighted by atomic mass is 10.4. The molecule has 0 aliphatic carbocycles. The molecule has 0 aromatic carbocycles. The lowest BCUT2D eigenvalue weighted by molar-refractivity contribution is 0.273. The minimum absolute atomic E-state index is 0.601. The van der Waals surface area contributed by atoms with E-state index in [9.17, 15) is 0 Å². The molecule has 0 saturated carbocycles. The van der Waals surface area contributed by atoms with Gasteiger partial charge in [-0.2, -0.15) is 0 Å². The molecule has 0 radical (unpaired) electrons. The molecule has 78 valence electrons. The number of nitrogens with two attached hydrogens (primary N) is 1. The van der Waals surface area contributed by atoms with Crippen molar-refractivity contribution in [3.05, 3.63) is 18.3 Å². The van der Waals surface area contributed by atoms with Gasteiger partial charge >= 0.3 is 0 Å². The van der Waals surface area contributed by atoms with Crippen LogP contribution >= 0.6 is 0 Å². The summed E-state index contributed by atoms with van der Waals surface area (Å²) in [7, 11) is 4.08. The molecule has 0 fully saturated rings. The summed E-state index contributed by atoms with van der Waals surface area (Å²) in [4.78, 5) is 6.16.